The van der Waals surface area contributed by atoms with Crippen LogP contribution in [-0.4, -0.2) is 109 Å². The zero-order valence-electron chi connectivity index (χ0n) is 19.3. The Morgan fingerprint density at radius 3 is 2.59 bits per heavy atom. The Kier molecular flexibility index (Phi) is 6.50. The van der Waals surface area contributed by atoms with Gasteiger partial charge in [-0.3, -0.25) is 19.3 Å². The first kappa shape index (κ1) is 23.4. The van der Waals surface area contributed by atoms with Crippen molar-refractivity contribution < 1.29 is 29.0 Å². The monoisotopic (exact) mass is 452 g/mol. The summed E-state index contributed by atoms with van der Waals surface area (Å²) >= 11 is 0. The first-order valence-electron chi connectivity index (χ1n) is 11.8. The van der Waals surface area contributed by atoms with Crippen LogP contribution in [0.5, 0.6) is 0 Å². The molecule has 3 N–H and O–H groups in total. The van der Waals surface area contributed by atoms with E-state index in [0.717, 1.165) is 13.1 Å². The molecule has 0 saturated carbocycles. The average molecular weight is 453 g/mol. The Labute approximate surface area is 189 Å². The second-order valence-corrected chi connectivity index (χ2v) is 9.58. The number of hydrogen-bond donors (Lipinski definition) is 3. The molecule has 4 aliphatic heterocycles. The summed E-state index contributed by atoms with van der Waals surface area (Å²) in [4.78, 5) is 43.8. The van der Waals surface area contributed by atoms with Crippen molar-refractivity contribution >= 4 is 17.7 Å². The third-order valence-corrected chi connectivity index (χ3v) is 7.90. The maximum atomic E-state index is 13.7. The Morgan fingerprint density at radius 2 is 1.97 bits per heavy atom. The Morgan fingerprint density at radius 1 is 1.25 bits per heavy atom. The van der Waals surface area contributed by atoms with Crippen molar-refractivity contribution in [2.75, 3.05) is 53.0 Å². The molecule has 1 spiro atoms. The van der Waals surface area contributed by atoms with Crippen LogP contribution >= 0.6 is 0 Å². The van der Waals surface area contributed by atoms with E-state index >= 15 is 0 Å². The van der Waals surface area contributed by atoms with E-state index in [1.54, 1.807) is 7.05 Å². The van der Waals surface area contributed by atoms with Gasteiger partial charge in [-0.05, 0) is 26.2 Å². The maximum Gasteiger partial charge on any atom is 0.245 e. The van der Waals surface area contributed by atoms with Crippen molar-refractivity contribution in [2.45, 2.75) is 56.4 Å². The smallest absolute Gasteiger partial charge is 0.245 e. The predicted octanol–water partition coefficient (Wildman–Crippen LogP) is -1.28. The first-order valence-corrected chi connectivity index (χ1v) is 11.8. The van der Waals surface area contributed by atoms with Crippen LogP contribution in [0, 0.1) is 11.8 Å². The van der Waals surface area contributed by atoms with E-state index in [1.807, 2.05) is 13.8 Å². The van der Waals surface area contributed by atoms with Crippen molar-refractivity contribution in [3.63, 3.8) is 0 Å². The quantitative estimate of drug-likeness (QED) is 0.419. The zero-order valence-corrected chi connectivity index (χ0v) is 19.3. The van der Waals surface area contributed by atoms with Gasteiger partial charge in [-0.1, -0.05) is 6.92 Å². The molecule has 0 aromatic rings. The molecule has 2 unspecified atom stereocenters. The fourth-order valence-electron chi connectivity index (χ4n) is 6.29. The maximum absolute atomic E-state index is 13.7. The van der Waals surface area contributed by atoms with E-state index in [9.17, 15) is 19.5 Å². The van der Waals surface area contributed by atoms with Gasteiger partial charge < -0.3 is 30.1 Å². The van der Waals surface area contributed by atoms with E-state index in [4.69, 9.17) is 9.47 Å². The van der Waals surface area contributed by atoms with Gasteiger partial charge >= 0.3 is 0 Å². The molecule has 6 atom stereocenters. The van der Waals surface area contributed by atoms with Crippen LogP contribution in [0.1, 0.15) is 33.1 Å². The normalized spacial score (nSPS) is 37.4. The second-order valence-electron chi connectivity index (χ2n) is 9.58. The minimum atomic E-state index is -1.05. The first-order chi connectivity index (χ1) is 15.3. The van der Waals surface area contributed by atoms with Crippen molar-refractivity contribution in [1.82, 2.24) is 20.4 Å². The number of amides is 3. The van der Waals surface area contributed by atoms with Crippen LogP contribution in [0.25, 0.3) is 0 Å². The molecule has 32 heavy (non-hydrogen) atoms. The standard InChI is InChI=1S/C22H36N4O6/c1-4-14(13-27)26-17(19(29)24-7-8-25-9-11-31-12-10-25)22-6-5-21(2,32-22)15(18(28)23-3)16(22)20(26)30/h14-17,27H,4-13H2,1-3H3,(H,23,28)(H,24,29)/t14-,15-,16-,17?,21+,22?/m0/s1. The largest absolute Gasteiger partial charge is 0.394 e. The minimum Gasteiger partial charge on any atom is -0.394 e. The molecular formula is C22H36N4O6. The molecule has 4 fully saturated rings. The summed E-state index contributed by atoms with van der Waals surface area (Å²) in [6.07, 6.45) is 1.65. The van der Waals surface area contributed by atoms with E-state index in [2.05, 4.69) is 15.5 Å². The minimum absolute atomic E-state index is 0.238. The fourth-order valence-corrected chi connectivity index (χ4v) is 6.29. The highest BCUT2D eigenvalue weighted by molar-refractivity contribution is 5.99. The lowest BCUT2D eigenvalue weighted by Crippen LogP contribution is -2.58. The number of likely N-dealkylation sites (tertiary alicyclic amines) is 1. The molecule has 4 saturated heterocycles. The second kappa shape index (κ2) is 8.89. The van der Waals surface area contributed by atoms with Gasteiger partial charge in [0.15, 0.2) is 0 Å². The zero-order chi connectivity index (χ0) is 23.1. The lowest BCUT2D eigenvalue weighted by atomic mass is 9.66. The molecule has 4 heterocycles. The van der Waals surface area contributed by atoms with Crippen molar-refractivity contribution in [3.8, 4) is 0 Å². The summed E-state index contributed by atoms with van der Waals surface area (Å²) in [6, 6.07) is -1.36. The number of rotatable bonds is 8. The number of ether oxygens (including phenoxy) is 2. The van der Waals surface area contributed by atoms with Crippen LogP contribution in [0.3, 0.4) is 0 Å². The van der Waals surface area contributed by atoms with Gasteiger partial charge in [0.25, 0.3) is 0 Å². The number of nitrogens with one attached hydrogen (secondary N) is 2. The Hall–Kier alpha value is -1.75. The van der Waals surface area contributed by atoms with Gasteiger partial charge in [0.05, 0.1) is 43.3 Å². The molecule has 4 rings (SSSR count). The van der Waals surface area contributed by atoms with Crippen LogP contribution < -0.4 is 10.6 Å². The molecule has 0 radical (unpaired) electrons. The van der Waals surface area contributed by atoms with Gasteiger partial charge in [0.1, 0.15) is 11.6 Å². The summed E-state index contributed by atoms with van der Waals surface area (Å²) in [5.41, 5.74) is -1.82. The van der Waals surface area contributed by atoms with Crippen LogP contribution in [0.2, 0.25) is 0 Å². The summed E-state index contributed by atoms with van der Waals surface area (Å²) < 4.78 is 11.9. The van der Waals surface area contributed by atoms with E-state index in [1.165, 1.54) is 4.90 Å². The summed E-state index contributed by atoms with van der Waals surface area (Å²) in [7, 11) is 1.56. The molecule has 4 aliphatic rings. The highest BCUT2D eigenvalue weighted by atomic mass is 16.5. The van der Waals surface area contributed by atoms with Gasteiger partial charge in [0.2, 0.25) is 17.7 Å². The predicted molar refractivity (Wildman–Crippen MR) is 115 cm³/mol. The number of aliphatic hydroxyl groups excluding tert-OH is 1. The third kappa shape index (κ3) is 3.52. The van der Waals surface area contributed by atoms with Gasteiger partial charge in [0, 0.05) is 33.2 Å². The Bertz CT molecular complexity index is 755. The SMILES string of the molecule is CC[C@@H](CO)N1C(=O)[C@@H]2[C@@H](C(=O)NC)[C@@]3(C)CCC2(O3)C1C(=O)NCCN1CCOCC1. The van der Waals surface area contributed by atoms with Gasteiger partial charge in [-0.2, -0.15) is 0 Å². The van der Waals surface area contributed by atoms with Crippen LogP contribution in [-0.2, 0) is 23.9 Å². The van der Waals surface area contributed by atoms with E-state index in [-0.39, 0.29) is 24.3 Å². The van der Waals surface area contributed by atoms with Crippen LogP contribution in [0.4, 0.5) is 0 Å². The number of hydrogen-bond acceptors (Lipinski definition) is 7. The van der Waals surface area contributed by atoms with Crippen molar-refractivity contribution in [2.24, 2.45) is 11.8 Å². The number of morpholine rings is 1. The molecule has 3 amide bonds. The van der Waals surface area contributed by atoms with Crippen LogP contribution in [0.15, 0.2) is 0 Å². The molecular weight excluding hydrogens is 416 g/mol. The highest BCUT2D eigenvalue weighted by Gasteiger charge is 2.78. The Balaban J connectivity index is 1.60. The number of aliphatic hydroxyl groups is 1. The van der Waals surface area contributed by atoms with Crippen molar-refractivity contribution in [1.29, 1.82) is 0 Å². The lowest BCUT2D eigenvalue weighted by molar-refractivity contribution is -0.149. The van der Waals surface area contributed by atoms with E-state index in [0.29, 0.717) is 45.6 Å². The molecule has 10 heteroatoms. The number of carbonyl (C=O) groups is 3. The fraction of sp³-hybridized carbons (Fsp3) is 0.864. The molecule has 2 bridgehead atoms. The summed E-state index contributed by atoms with van der Waals surface area (Å²) in [5.74, 6) is -2.16. The summed E-state index contributed by atoms with van der Waals surface area (Å²) in [6.45, 7) is 7.67. The van der Waals surface area contributed by atoms with E-state index < -0.39 is 35.1 Å². The van der Waals surface area contributed by atoms with Gasteiger partial charge in [-0.15, -0.1) is 0 Å². The number of fused-ring (bicyclic) bond motifs is 1. The molecule has 10 nitrogen and oxygen atoms in total. The number of nitrogens with zero attached hydrogens (tertiary/aromatic N) is 2. The number of carbonyl (C=O) groups excluding carboxylic acids is 3. The lowest BCUT2D eigenvalue weighted by Gasteiger charge is -2.37. The highest BCUT2D eigenvalue weighted by Crippen LogP contribution is 2.63. The molecule has 0 aromatic heterocycles. The summed E-state index contributed by atoms with van der Waals surface area (Å²) in [5, 5.41) is 15.7. The average Bonchev–Trinajstić information content (AvgIpc) is 3.36. The molecule has 0 aliphatic carbocycles. The topological polar surface area (TPSA) is 120 Å². The third-order valence-electron chi connectivity index (χ3n) is 7.90. The van der Waals surface area contributed by atoms with Crippen molar-refractivity contribution in [3.05, 3.63) is 0 Å². The van der Waals surface area contributed by atoms with Gasteiger partial charge in [-0.25, -0.2) is 0 Å². The molecule has 180 valence electrons. The molecule has 0 aromatic carbocycles.